The van der Waals surface area contributed by atoms with Crippen LogP contribution in [0, 0.1) is 0 Å². The summed E-state index contributed by atoms with van der Waals surface area (Å²) in [6.07, 6.45) is 0. The number of phenols is 1. The third kappa shape index (κ3) is 3.09. The first kappa shape index (κ1) is 16.4. The van der Waals surface area contributed by atoms with Crippen LogP contribution in [-0.4, -0.2) is 55.7 Å². The van der Waals surface area contributed by atoms with E-state index in [0.717, 1.165) is 23.5 Å². The van der Waals surface area contributed by atoms with Gasteiger partial charge in [-0.25, -0.2) is 13.2 Å². The van der Waals surface area contributed by atoms with Crippen LogP contribution in [0.2, 0.25) is 0 Å². The lowest BCUT2D eigenvalue weighted by atomic mass is 10.2. The number of aliphatic hydroxyl groups excluding tert-OH is 1. The van der Waals surface area contributed by atoms with Gasteiger partial charge in [-0.3, -0.25) is 0 Å². The van der Waals surface area contributed by atoms with Crippen molar-refractivity contribution in [2.24, 2.45) is 0 Å². The number of ether oxygens (including phenoxy) is 1. The van der Waals surface area contributed by atoms with Crippen molar-refractivity contribution in [3.05, 3.63) is 23.8 Å². The van der Waals surface area contributed by atoms with Crippen LogP contribution in [0.4, 0.5) is 0 Å². The van der Waals surface area contributed by atoms with Crippen molar-refractivity contribution in [2.75, 3.05) is 20.8 Å². The van der Waals surface area contributed by atoms with E-state index in [2.05, 4.69) is 4.74 Å². The maximum atomic E-state index is 12.3. The monoisotopic (exact) mass is 303 g/mol. The van der Waals surface area contributed by atoms with Crippen molar-refractivity contribution >= 4 is 16.0 Å². The SMILES string of the molecule is COC(=O)c1cc(S(=O)(=O)N(C)C(C)CO)ccc1O. The van der Waals surface area contributed by atoms with Gasteiger partial charge in [-0.1, -0.05) is 0 Å². The fourth-order valence-electron chi connectivity index (χ4n) is 1.47. The normalized spacial score (nSPS) is 13.2. The summed E-state index contributed by atoms with van der Waals surface area (Å²) in [4.78, 5) is 11.3. The lowest BCUT2D eigenvalue weighted by molar-refractivity contribution is 0.0597. The van der Waals surface area contributed by atoms with E-state index in [1.54, 1.807) is 6.92 Å². The van der Waals surface area contributed by atoms with Crippen molar-refractivity contribution in [1.82, 2.24) is 4.31 Å². The fourth-order valence-corrected chi connectivity index (χ4v) is 2.85. The average Bonchev–Trinajstić information content (AvgIpc) is 2.44. The van der Waals surface area contributed by atoms with Crippen LogP contribution in [0.3, 0.4) is 0 Å². The van der Waals surface area contributed by atoms with Crippen LogP contribution in [0.25, 0.3) is 0 Å². The van der Waals surface area contributed by atoms with E-state index < -0.39 is 22.0 Å². The van der Waals surface area contributed by atoms with Gasteiger partial charge in [0, 0.05) is 13.1 Å². The highest BCUT2D eigenvalue weighted by Gasteiger charge is 2.26. The van der Waals surface area contributed by atoms with Crippen molar-refractivity contribution in [3.8, 4) is 5.75 Å². The summed E-state index contributed by atoms with van der Waals surface area (Å²) in [6.45, 7) is 1.21. The highest BCUT2D eigenvalue weighted by atomic mass is 32.2. The number of aliphatic hydroxyl groups is 1. The van der Waals surface area contributed by atoms with Crippen LogP contribution in [-0.2, 0) is 14.8 Å². The number of sulfonamides is 1. The molecule has 0 aliphatic carbocycles. The maximum absolute atomic E-state index is 12.3. The number of hydrogen-bond donors (Lipinski definition) is 2. The fraction of sp³-hybridized carbons (Fsp3) is 0.417. The van der Waals surface area contributed by atoms with Gasteiger partial charge >= 0.3 is 5.97 Å². The number of likely N-dealkylation sites (N-methyl/N-ethyl adjacent to an activating group) is 1. The molecule has 8 heteroatoms. The number of benzene rings is 1. The minimum absolute atomic E-state index is 0.168. The molecule has 1 rings (SSSR count). The zero-order valence-electron chi connectivity index (χ0n) is 11.4. The van der Waals surface area contributed by atoms with Gasteiger partial charge in [0.05, 0.1) is 18.6 Å². The molecule has 0 heterocycles. The van der Waals surface area contributed by atoms with Crippen LogP contribution in [0.5, 0.6) is 5.75 Å². The van der Waals surface area contributed by atoms with E-state index in [1.807, 2.05) is 0 Å². The largest absolute Gasteiger partial charge is 0.507 e. The van der Waals surface area contributed by atoms with Crippen LogP contribution < -0.4 is 0 Å². The molecule has 0 radical (unpaired) electrons. The summed E-state index contributed by atoms with van der Waals surface area (Å²) < 4.78 is 30.0. The summed E-state index contributed by atoms with van der Waals surface area (Å²) in [7, 11) is -1.43. The van der Waals surface area contributed by atoms with Crippen LogP contribution in [0.1, 0.15) is 17.3 Å². The van der Waals surface area contributed by atoms with Gasteiger partial charge in [-0.15, -0.1) is 0 Å². The number of esters is 1. The minimum atomic E-state index is -3.88. The molecule has 1 atom stereocenters. The lowest BCUT2D eigenvalue weighted by Crippen LogP contribution is -2.37. The second kappa shape index (κ2) is 6.21. The number of nitrogens with zero attached hydrogens (tertiary/aromatic N) is 1. The first-order valence-corrected chi connectivity index (χ1v) is 7.20. The molecule has 0 aliphatic rings. The molecule has 7 nitrogen and oxygen atoms in total. The van der Waals surface area contributed by atoms with Crippen molar-refractivity contribution in [3.63, 3.8) is 0 Å². The summed E-state index contributed by atoms with van der Waals surface area (Å²) in [5.74, 6) is -1.20. The third-order valence-corrected chi connectivity index (χ3v) is 4.90. The molecule has 0 aliphatic heterocycles. The Morgan fingerprint density at radius 3 is 2.55 bits per heavy atom. The molecule has 20 heavy (non-hydrogen) atoms. The zero-order chi connectivity index (χ0) is 15.5. The van der Waals surface area contributed by atoms with Gasteiger partial charge in [0.15, 0.2) is 0 Å². The molecule has 112 valence electrons. The highest BCUT2D eigenvalue weighted by Crippen LogP contribution is 2.24. The Morgan fingerprint density at radius 2 is 2.05 bits per heavy atom. The minimum Gasteiger partial charge on any atom is -0.507 e. The first-order valence-electron chi connectivity index (χ1n) is 5.76. The second-order valence-corrected chi connectivity index (χ2v) is 6.22. The molecule has 0 saturated carbocycles. The van der Waals surface area contributed by atoms with E-state index in [9.17, 15) is 18.3 Å². The van der Waals surface area contributed by atoms with E-state index in [4.69, 9.17) is 5.11 Å². The lowest BCUT2D eigenvalue weighted by Gasteiger charge is -2.22. The van der Waals surface area contributed by atoms with Gasteiger partial charge in [-0.2, -0.15) is 4.31 Å². The molecular formula is C12H17NO6S. The van der Waals surface area contributed by atoms with Gasteiger partial charge < -0.3 is 14.9 Å². The molecule has 0 saturated heterocycles. The molecule has 1 aromatic carbocycles. The van der Waals surface area contributed by atoms with Gasteiger partial charge in [-0.05, 0) is 25.1 Å². The second-order valence-electron chi connectivity index (χ2n) is 4.22. The molecule has 1 unspecified atom stereocenters. The van der Waals surface area contributed by atoms with Gasteiger partial charge in [0.25, 0.3) is 0 Å². The quantitative estimate of drug-likeness (QED) is 0.752. The maximum Gasteiger partial charge on any atom is 0.341 e. The third-order valence-electron chi connectivity index (χ3n) is 2.94. The van der Waals surface area contributed by atoms with Crippen molar-refractivity contribution in [2.45, 2.75) is 17.9 Å². The Balaban J connectivity index is 3.30. The Labute approximate surface area is 117 Å². The molecular weight excluding hydrogens is 286 g/mol. The Hall–Kier alpha value is -1.64. The predicted octanol–water partition coefficient (Wildman–Crippen LogP) is 0.180. The number of carbonyl (C=O) groups is 1. The molecule has 0 spiro atoms. The molecule has 0 fully saturated rings. The number of methoxy groups -OCH3 is 1. The number of carbonyl (C=O) groups excluding carboxylic acids is 1. The van der Waals surface area contributed by atoms with E-state index in [-0.39, 0.29) is 22.8 Å². The number of rotatable bonds is 5. The standard InChI is InChI=1S/C12H17NO6S/c1-8(7-14)13(2)20(17,18)9-4-5-11(15)10(6-9)12(16)19-3/h4-6,8,14-15H,7H2,1-3H3. The number of hydrogen-bond acceptors (Lipinski definition) is 6. The number of aromatic hydroxyl groups is 1. The van der Waals surface area contributed by atoms with Crippen molar-refractivity contribution < 1.29 is 28.2 Å². The average molecular weight is 303 g/mol. The number of phenolic OH excluding ortho intramolecular Hbond substituents is 1. The topological polar surface area (TPSA) is 104 Å². The van der Waals surface area contributed by atoms with Crippen LogP contribution >= 0.6 is 0 Å². The van der Waals surface area contributed by atoms with E-state index in [1.165, 1.54) is 13.1 Å². The Kier molecular flexibility index (Phi) is 5.09. The Morgan fingerprint density at radius 1 is 1.45 bits per heavy atom. The van der Waals surface area contributed by atoms with Crippen molar-refractivity contribution in [1.29, 1.82) is 0 Å². The summed E-state index contributed by atoms with van der Waals surface area (Å²) in [5, 5.41) is 18.6. The Bertz CT molecular complexity index is 598. The zero-order valence-corrected chi connectivity index (χ0v) is 12.2. The highest BCUT2D eigenvalue weighted by molar-refractivity contribution is 7.89. The summed E-state index contributed by atoms with van der Waals surface area (Å²) in [5.41, 5.74) is -0.237. The first-order chi connectivity index (χ1) is 9.25. The predicted molar refractivity (Wildman–Crippen MR) is 70.9 cm³/mol. The van der Waals surface area contributed by atoms with E-state index >= 15 is 0 Å². The van der Waals surface area contributed by atoms with Gasteiger partial charge in [0.2, 0.25) is 10.0 Å². The molecule has 1 aromatic rings. The smallest absolute Gasteiger partial charge is 0.341 e. The summed E-state index contributed by atoms with van der Waals surface area (Å²) >= 11 is 0. The molecule has 0 aromatic heterocycles. The van der Waals surface area contributed by atoms with Gasteiger partial charge in [0.1, 0.15) is 11.3 Å². The molecule has 0 amide bonds. The van der Waals surface area contributed by atoms with Crippen LogP contribution in [0.15, 0.2) is 23.1 Å². The molecule has 0 bridgehead atoms. The molecule has 2 N–H and O–H groups in total. The van der Waals surface area contributed by atoms with E-state index in [0.29, 0.717) is 0 Å². The summed E-state index contributed by atoms with van der Waals surface area (Å²) in [6, 6.07) is 2.71.